The van der Waals surface area contributed by atoms with E-state index in [1.54, 1.807) is 0 Å². The van der Waals surface area contributed by atoms with E-state index in [0.717, 1.165) is 12.3 Å². The van der Waals surface area contributed by atoms with E-state index in [0.29, 0.717) is 6.61 Å². The van der Waals surface area contributed by atoms with E-state index in [1.165, 1.54) is 77.0 Å². The Morgan fingerprint density at radius 3 is 1.61 bits per heavy atom. The molecule has 0 aromatic carbocycles. The SMILES string of the molecule is CCCCCCCC[C@H](C)CCCCCCCO. The van der Waals surface area contributed by atoms with E-state index >= 15 is 0 Å². The number of aliphatic hydroxyl groups is 1. The normalized spacial score (nSPS) is 12.8. The third-order valence-electron chi connectivity index (χ3n) is 3.91. The quantitative estimate of drug-likeness (QED) is 0.395. The lowest BCUT2D eigenvalue weighted by atomic mass is 9.96. The molecule has 0 saturated carbocycles. The van der Waals surface area contributed by atoms with E-state index in [2.05, 4.69) is 13.8 Å². The van der Waals surface area contributed by atoms with Gasteiger partial charge in [-0.15, -0.1) is 0 Å². The smallest absolute Gasteiger partial charge is 0.0431 e. The Balaban J connectivity index is 3.10. The average molecular weight is 256 g/mol. The van der Waals surface area contributed by atoms with Gasteiger partial charge in [0.1, 0.15) is 0 Å². The molecule has 0 unspecified atom stereocenters. The van der Waals surface area contributed by atoms with E-state index in [9.17, 15) is 0 Å². The molecule has 0 amide bonds. The highest BCUT2D eigenvalue weighted by Crippen LogP contribution is 2.18. The fourth-order valence-corrected chi connectivity index (χ4v) is 2.55. The van der Waals surface area contributed by atoms with Gasteiger partial charge in [-0.1, -0.05) is 90.9 Å². The molecule has 1 nitrogen and oxygen atoms in total. The summed E-state index contributed by atoms with van der Waals surface area (Å²) in [6.07, 6.45) is 17.7. The summed E-state index contributed by atoms with van der Waals surface area (Å²) in [4.78, 5) is 0. The maximum absolute atomic E-state index is 8.69. The first-order valence-corrected chi connectivity index (χ1v) is 8.42. The van der Waals surface area contributed by atoms with Gasteiger partial charge >= 0.3 is 0 Å². The van der Waals surface area contributed by atoms with Gasteiger partial charge in [0.15, 0.2) is 0 Å². The van der Waals surface area contributed by atoms with Crippen molar-refractivity contribution in [1.29, 1.82) is 0 Å². The third kappa shape index (κ3) is 14.0. The second kappa shape index (κ2) is 15.0. The Morgan fingerprint density at radius 1 is 0.667 bits per heavy atom. The third-order valence-corrected chi connectivity index (χ3v) is 3.91. The summed E-state index contributed by atoms with van der Waals surface area (Å²) in [5, 5.41) is 8.69. The number of hydrogen-bond acceptors (Lipinski definition) is 1. The molecule has 0 aliphatic carbocycles. The lowest BCUT2D eigenvalue weighted by molar-refractivity contribution is 0.282. The summed E-state index contributed by atoms with van der Waals surface area (Å²) in [5.41, 5.74) is 0. The van der Waals surface area contributed by atoms with Gasteiger partial charge in [-0.2, -0.15) is 0 Å². The molecule has 0 aliphatic rings. The van der Waals surface area contributed by atoms with Gasteiger partial charge in [0.2, 0.25) is 0 Å². The maximum atomic E-state index is 8.69. The largest absolute Gasteiger partial charge is 0.396 e. The van der Waals surface area contributed by atoms with Crippen molar-refractivity contribution in [1.82, 2.24) is 0 Å². The first-order chi connectivity index (χ1) is 8.81. The number of aliphatic hydroxyl groups excluding tert-OH is 1. The summed E-state index contributed by atoms with van der Waals surface area (Å²) in [5.74, 6) is 0.925. The van der Waals surface area contributed by atoms with Gasteiger partial charge in [-0.3, -0.25) is 0 Å². The second-order valence-electron chi connectivity index (χ2n) is 5.94. The lowest BCUT2D eigenvalue weighted by Crippen LogP contribution is -1.95. The van der Waals surface area contributed by atoms with E-state index in [4.69, 9.17) is 5.11 Å². The van der Waals surface area contributed by atoms with Gasteiger partial charge in [0.25, 0.3) is 0 Å². The van der Waals surface area contributed by atoms with Gasteiger partial charge in [-0.25, -0.2) is 0 Å². The molecule has 1 N–H and O–H groups in total. The van der Waals surface area contributed by atoms with Crippen LogP contribution in [0, 0.1) is 5.92 Å². The van der Waals surface area contributed by atoms with Crippen LogP contribution in [-0.4, -0.2) is 11.7 Å². The molecule has 0 saturated heterocycles. The molecule has 0 radical (unpaired) electrons. The van der Waals surface area contributed by atoms with E-state index in [1.807, 2.05) is 0 Å². The zero-order chi connectivity index (χ0) is 13.5. The molecular weight excluding hydrogens is 220 g/mol. The monoisotopic (exact) mass is 256 g/mol. The van der Waals surface area contributed by atoms with Crippen LogP contribution in [0.2, 0.25) is 0 Å². The Labute approximate surface area is 115 Å². The van der Waals surface area contributed by atoms with Crippen LogP contribution in [0.3, 0.4) is 0 Å². The first kappa shape index (κ1) is 18.0. The van der Waals surface area contributed by atoms with Crippen LogP contribution < -0.4 is 0 Å². The number of unbranched alkanes of at least 4 members (excludes halogenated alkanes) is 9. The van der Waals surface area contributed by atoms with Crippen LogP contribution in [0.1, 0.15) is 97.3 Å². The fraction of sp³-hybridized carbons (Fsp3) is 1.00. The van der Waals surface area contributed by atoms with Gasteiger partial charge in [0, 0.05) is 6.61 Å². The van der Waals surface area contributed by atoms with Crippen LogP contribution in [0.5, 0.6) is 0 Å². The highest BCUT2D eigenvalue weighted by Gasteiger charge is 2.01. The minimum absolute atomic E-state index is 0.369. The van der Waals surface area contributed by atoms with Crippen molar-refractivity contribution in [2.75, 3.05) is 6.61 Å². The minimum atomic E-state index is 0.369. The van der Waals surface area contributed by atoms with Crippen molar-refractivity contribution in [3.63, 3.8) is 0 Å². The van der Waals surface area contributed by atoms with Crippen LogP contribution >= 0.6 is 0 Å². The standard InChI is InChI=1S/C17H36O/c1-3-4-5-6-8-11-14-17(2)15-12-9-7-10-13-16-18/h17-18H,3-16H2,1-2H3/t17-/m0/s1. The zero-order valence-corrected chi connectivity index (χ0v) is 12.9. The van der Waals surface area contributed by atoms with Crippen LogP contribution in [-0.2, 0) is 0 Å². The summed E-state index contributed by atoms with van der Waals surface area (Å²) in [6.45, 7) is 5.07. The predicted molar refractivity (Wildman–Crippen MR) is 81.9 cm³/mol. The summed E-state index contributed by atoms with van der Waals surface area (Å²) in [7, 11) is 0. The highest BCUT2D eigenvalue weighted by atomic mass is 16.2. The van der Waals surface area contributed by atoms with Crippen molar-refractivity contribution in [3.8, 4) is 0 Å². The molecule has 0 bridgehead atoms. The molecule has 0 aromatic heterocycles. The average Bonchev–Trinajstić information content (AvgIpc) is 2.38. The highest BCUT2D eigenvalue weighted by molar-refractivity contribution is 4.55. The molecule has 0 aromatic rings. The number of rotatable bonds is 14. The molecule has 1 atom stereocenters. The van der Waals surface area contributed by atoms with Crippen LogP contribution in [0.15, 0.2) is 0 Å². The molecule has 0 aliphatic heterocycles. The molecule has 110 valence electrons. The summed E-state index contributed by atoms with van der Waals surface area (Å²) < 4.78 is 0. The van der Waals surface area contributed by atoms with Crippen molar-refractivity contribution in [2.24, 2.45) is 5.92 Å². The predicted octanol–water partition coefficient (Wildman–Crippen LogP) is 5.71. The first-order valence-electron chi connectivity index (χ1n) is 8.42. The van der Waals surface area contributed by atoms with Gasteiger partial charge in [-0.05, 0) is 12.3 Å². The minimum Gasteiger partial charge on any atom is -0.396 e. The zero-order valence-electron chi connectivity index (χ0n) is 12.9. The van der Waals surface area contributed by atoms with Gasteiger partial charge in [0.05, 0.1) is 0 Å². The fourth-order valence-electron chi connectivity index (χ4n) is 2.55. The Hall–Kier alpha value is -0.0400. The maximum Gasteiger partial charge on any atom is 0.0431 e. The molecular formula is C17H36O. The number of hydrogen-bond donors (Lipinski definition) is 1. The topological polar surface area (TPSA) is 20.2 Å². The molecule has 1 heteroatoms. The van der Waals surface area contributed by atoms with E-state index in [-0.39, 0.29) is 0 Å². The Kier molecular flexibility index (Phi) is 15.0. The van der Waals surface area contributed by atoms with Crippen molar-refractivity contribution >= 4 is 0 Å². The molecule has 0 spiro atoms. The Bertz CT molecular complexity index is 129. The molecule has 0 heterocycles. The van der Waals surface area contributed by atoms with Crippen LogP contribution in [0.4, 0.5) is 0 Å². The second-order valence-corrected chi connectivity index (χ2v) is 5.94. The van der Waals surface area contributed by atoms with Crippen molar-refractivity contribution < 1.29 is 5.11 Å². The van der Waals surface area contributed by atoms with Crippen molar-refractivity contribution in [3.05, 3.63) is 0 Å². The van der Waals surface area contributed by atoms with Crippen molar-refractivity contribution in [2.45, 2.75) is 97.3 Å². The lowest BCUT2D eigenvalue weighted by Gasteiger charge is -2.10. The summed E-state index contributed by atoms with van der Waals surface area (Å²) >= 11 is 0. The molecule has 0 fully saturated rings. The molecule has 18 heavy (non-hydrogen) atoms. The van der Waals surface area contributed by atoms with Gasteiger partial charge < -0.3 is 5.11 Å². The van der Waals surface area contributed by atoms with Crippen LogP contribution in [0.25, 0.3) is 0 Å². The van der Waals surface area contributed by atoms with E-state index < -0.39 is 0 Å². The Morgan fingerprint density at radius 2 is 1.11 bits per heavy atom. The summed E-state index contributed by atoms with van der Waals surface area (Å²) in [6, 6.07) is 0. The molecule has 0 rings (SSSR count).